The highest BCUT2D eigenvalue weighted by Crippen LogP contribution is 2.28. The van der Waals surface area contributed by atoms with E-state index in [-0.39, 0.29) is 17.7 Å². The zero-order valence-corrected chi connectivity index (χ0v) is 13.3. The molecule has 0 spiro atoms. The third kappa shape index (κ3) is 3.95. The smallest absolute Gasteiger partial charge is 0.323 e. The van der Waals surface area contributed by atoms with Gasteiger partial charge in [-0.05, 0) is 30.5 Å². The summed E-state index contributed by atoms with van der Waals surface area (Å²) in [7, 11) is 1.39. The molecule has 0 aliphatic rings. The number of rotatable bonds is 6. The van der Waals surface area contributed by atoms with Crippen LogP contribution in [0.3, 0.4) is 0 Å². The van der Waals surface area contributed by atoms with Gasteiger partial charge >= 0.3 is 11.7 Å². The average Bonchev–Trinajstić information content (AvgIpc) is 2.81. The second-order valence-electron chi connectivity index (χ2n) is 4.93. The van der Waals surface area contributed by atoms with E-state index in [0.29, 0.717) is 6.42 Å². The van der Waals surface area contributed by atoms with Crippen molar-refractivity contribution >= 4 is 32.9 Å². The van der Waals surface area contributed by atoms with Gasteiger partial charge in [0.2, 0.25) is 0 Å². The van der Waals surface area contributed by atoms with Gasteiger partial charge in [0.25, 0.3) is 0 Å². The van der Waals surface area contributed by atoms with Crippen LogP contribution in [0.1, 0.15) is 37.3 Å². The lowest BCUT2D eigenvalue weighted by Crippen LogP contribution is -2.11. The maximum atomic E-state index is 11.3. The SMILES string of the molecule is COC(=O)CCCCC(N)c1cc2[nH]c(=O)[nH]c2cc1Br. The number of hydrogen-bond donors (Lipinski definition) is 3. The lowest BCUT2D eigenvalue weighted by atomic mass is 10.0. The summed E-state index contributed by atoms with van der Waals surface area (Å²) in [6, 6.07) is 3.57. The Labute approximate surface area is 130 Å². The number of nitrogens with one attached hydrogen (secondary N) is 2. The quantitative estimate of drug-likeness (QED) is 0.546. The van der Waals surface area contributed by atoms with E-state index in [2.05, 4.69) is 30.6 Å². The molecule has 1 aromatic carbocycles. The monoisotopic (exact) mass is 355 g/mol. The van der Waals surface area contributed by atoms with Gasteiger partial charge in [-0.3, -0.25) is 4.79 Å². The molecule has 21 heavy (non-hydrogen) atoms. The van der Waals surface area contributed by atoms with Crippen LogP contribution in [-0.2, 0) is 9.53 Å². The molecule has 1 unspecified atom stereocenters. The minimum Gasteiger partial charge on any atom is -0.469 e. The molecule has 0 aliphatic heterocycles. The zero-order chi connectivity index (χ0) is 15.4. The summed E-state index contributed by atoms with van der Waals surface area (Å²) in [6.07, 6.45) is 2.76. The molecule has 0 saturated heterocycles. The molecule has 0 saturated carbocycles. The Morgan fingerprint density at radius 2 is 2.00 bits per heavy atom. The summed E-state index contributed by atoms with van der Waals surface area (Å²) in [5, 5.41) is 0. The van der Waals surface area contributed by atoms with Crippen molar-refractivity contribution in [2.75, 3.05) is 7.11 Å². The first-order chi connectivity index (χ1) is 10.0. The van der Waals surface area contributed by atoms with Crippen LogP contribution in [0.2, 0.25) is 0 Å². The van der Waals surface area contributed by atoms with Crippen LogP contribution in [0.15, 0.2) is 21.4 Å². The van der Waals surface area contributed by atoms with Gasteiger partial charge in [-0.2, -0.15) is 0 Å². The first-order valence-corrected chi connectivity index (χ1v) is 7.54. The van der Waals surface area contributed by atoms with Crippen molar-refractivity contribution in [3.63, 3.8) is 0 Å². The topological polar surface area (TPSA) is 101 Å². The molecule has 2 rings (SSSR count). The molecule has 1 atom stereocenters. The summed E-state index contributed by atoms with van der Waals surface area (Å²) in [6.45, 7) is 0. The summed E-state index contributed by atoms with van der Waals surface area (Å²) < 4.78 is 5.46. The van der Waals surface area contributed by atoms with Crippen molar-refractivity contribution in [2.24, 2.45) is 5.73 Å². The summed E-state index contributed by atoms with van der Waals surface area (Å²) in [5.74, 6) is -0.198. The van der Waals surface area contributed by atoms with E-state index in [1.807, 2.05) is 12.1 Å². The standard InChI is InChI=1S/C14H18BrN3O3/c1-21-13(19)5-3-2-4-10(16)8-6-11-12(7-9(8)15)18-14(20)17-11/h6-7,10H,2-5,16H2,1H3,(H2,17,18,20). The molecule has 2 aromatic rings. The van der Waals surface area contributed by atoms with E-state index >= 15 is 0 Å². The Morgan fingerprint density at radius 1 is 1.33 bits per heavy atom. The molecule has 7 heteroatoms. The number of H-pyrrole nitrogens is 2. The lowest BCUT2D eigenvalue weighted by Gasteiger charge is -2.14. The Kier molecular flexibility index (Phi) is 5.19. The molecule has 0 bridgehead atoms. The average molecular weight is 356 g/mol. The van der Waals surface area contributed by atoms with E-state index in [1.165, 1.54) is 7.11 Å². The normalized spacial score (nSPS) is 12.5. The second-order valence-corrected chi connectivity index (χ2v) is 5.78. The van der Waals surface area contributed by atoms with E-state index in [0.717, 1.165) is 40.3 Å². The number of hydrogen-bond acceptors (Lipinski definition) is 4. The highest BCUT2D eigenvalue weighted by molar-refractivity contribution is 9.10. The van der Waals surface area contributed by atoms with Crippen LogP contribution >= 0.6 is 15.9 Å². The van der Waals surface area contributed by atoms with Gasteiger partial charge in [0, 0.05) is 16.9 Å². The summed E-state index contributed by atoms with van der Waals surface area (Å²) in [4.78, 5) is 27.7. The first kappa shape index (κ1) is 15.8. The minimum atomic E-state index is -0.235. The van der Waals surface area contributed by atoms with Crippen molar-refractivity contribution < 1.29 is 9.53 Å². The summed E-state index contributed by atoms with van der Waals surface area (Å²) in [5.41, 5.74) is 8.38. The number of aromatic amines is 2. The van der Waals surface area contributed by atoms with Crippen LogP contribution in [0.5, 0.6) is 0 Å². The molecular formula is C14H18BrN3O3. The number of ether oxygens (including phenoxy) is 1. The van der Waals surface area contributed by atoms with Gasteiger partial charge in [-0.1, -0.05) is 22.4 Å². The van der Waals surface area contributed by atoms with Gasteiger partial charge in [-0.25, -0.2) is 4.79 Å². The first-order valence-electron chi connectivity index (χ1n) is 6.75. The fourth-order valence-corrected chi connectivity index (χ4v) is 2.89. The number of esters is 1. The van der Waals surface area contributed by atoms with E-state index < -0.39 is 0 Å². The molecule has 1 aromatic heterocycles. The number of aromatic nitrogens is 2. The number of nitrogens with two attached hydrogens (primary N) is 1. The summed E-state index contributed by atoms with van der Waals surface area (Å²) >= 11 is 3.48. The fourth-order valence-electron chi connectivity index (χ4n) is 2.25. The number of carbonyl (C=O) groups is 1. The highest BCUT2D eigenvalue weighted by Gasteiger charge is 2.13. The third-order valence-electron chi connectivity index (χ3n) is 3.41. The number of benzene rings is 1. The van der Waals surface area contributed by atoms with Crippen LogP contribution in [0.4, 0.5) is 0 Å². The number of halogens is 1. The number of carbonyl (C=O) groups excluding carboxylic acids is 1. The van der Waals surface area contributed by atoms with Gasteiger partial charge in [0.15, 0.2) is 0 Å². The van der Waals surface area contributed by atoms with Crippen LogP contribution in [0, 0.1) is 0 Å². The van der Waals surface area contributed by atoms with E-state index in [4.69, 9.17) is 5.73 Å². The van der Waals surface area contributed by atoms with Gasteiger partial charge in [0.1, 0.15) is 0 Å². The van der Waals surface area contributed by atoms with Gasteiger partial charge in [0.05, 0.1) is 18.1 Å². The van der Waals surface area contributed by atoms with Crippen LogP contribution in [0.25, 0.3) is 11.0 Å². The molecule has 0 aliphatic carbocycles. The van der Waals surface area contributed by atoms with E-state index in [9.17, 15) is 9.59 Å². The number of unbranched alkanes of at least 4 members (excludes halogenated alkanes) is 1. The highest BCUT2D eigenvalue weighted by atomic mass is 79.9. The minimum absolute atomic E-state index is 0.153. The maximum absolute atomic E-state index is 11.3. The lowest BCUT2D eigenvalue weighted by molar-refractivity contribution is -0.140. The maximum Gasteiger partial charge on any atom is 0.323 e. The molecular weight excluding hydrogens is 338 g/mol. The molecule has 4 N–H and O–H groups in total. The van der Waals surface area contributed by atoms with E-state index in [1.54, 1.807) is 0 Å². The Hall–Kier alpha value is -1.60. The van der Waals surface area contributed by atoms with Crippen LogP contribution in [-0.4, -0.2) is 23.0 Å². The molecule has 0 radical (unpaired) electrons. The van der Waals surface area contributed by atoms with Crippen molar-refractivity contribution in [1.82, 2.24) is 9.97 Å². The third-order valence-corrected chi connectivity index (χ3v) is 4.09. The largest absolute Gasteiger partial charge is 0.469 e. The van der Waals surface area contributed by atoms with Gasteiger partial charge < -0.3 is 20.4 Å². The molecule has 6 nitrogen and oxygen atoms in total. The van der Waals surface area contributed by atoms with Crippen molar-refractivity contribution in [3.05, 3.63) is 32.7 Å². The Balaban J connectivity index is 2.01. The zero-order valence-electron chi connectivity index (χ0n) is 11.7. The predicted octanol–water partition coefficient (Wildman–Crippen LogP) is 2.35. The molecule has 0 amide bonds. The van der Waals surface area contributed by atoms with Crippen molar-refractivity contribution in [1.29, 1.82) is 0 Å². The van der Waals surface area contributed by atoms with Crippen molar-refractivity contribution in [2.45, 2.75) is 31.7 Å². The fraction of sp³-hybridized carbons (Fsp3) is 0.429. The van der Waals surface area contributed by atoms with Crippen molar-refractivity contribution in [3.8, 4) is 0 Å². The number of fused-ring (bicyclic) bond motifs is 1. The molecule has 1 heterocycles. The number of methoxy groups -OCH3 is 1. The predicted molar refractivity (Wildman–Crippen MR) is 84.0 cm³/mol. The molecule has 0 fully saturated rings. The van der Waals surface area contributed by atoms with Crippen LogP contribution < -0.4 is 11.4 Å². The Bertz CT molecular complexity index is 692. The van der Waals surface area contributed by atoms with Gasteiger partial charge in [-0.15, -0.1) is 0 Å². The number of imidazole rings is 1. The Morgan fingerprint density at radius 3 is 2.67 bits per heavy atom. The molecule has 114 valence electrons. The second kappa shape index (κ2) is 6.91.